The monoisotopic (exact) mass is 429 g/mol. The number of benzene rings is 2. The summed E-state index contributed by atoms with van der Waals surface area (Å²) < 4.78 is 0. The number of amides is 2. The van der Waals surface area contributed by atoms with E-state index in [1.165, 1.54) is 16.7 Å². The van der Waals surface area contributed by atoms with Crippen molar-refractivity contribution in [1.82, 2.24) is 4.90 Å². The van der Waals surface area contributed by atoms with E-state index in [-0.39, 0.29) is 18.2 Å². The smallest absolute Gasteiger partial charge is 0.242 e. The maximum atomic E-state index is 12.6. The van der Waals surface area contributed by atoms with Crippen molar-refractivity contribution >= 4 is 51.7 Å². The highest BCUT2D eigenvalue weighted by molar-refractivity contribution is 8.15. The molecule has 29 heavy (non-hydrogen) atoms. The van der Waals surface area contributed by atoms with Crippen molar-refractivity contribution in [1.29, 1.82) is 0 Å². The van der Waals surface area contributed by atoms with Crippen molar-refractivity contribution in [3.63, 3.8) is 0 Å². The molecule has 1 N–H and O–H groups in total. The normalized spacial score (nSPS) is 17.9. The molecule has 0 unspecified atom stereocenters. The van der Waals surface area contributed by atoms with Gasteiger partial charge in [0.15, 0.2) is 5.17 Å². The average molecular weight is 430 g/mol. The molecule has 0 saturated carbocycles. The van der Waals surface area contributed by atoms with Crippen LogP contribution in [0.3, 0.4) is 0 Å². The van der Waals surface area contributed by atoms with Crippen LogP contribution in [0.5, 0.6) is 0 Å². The number of amidine groups is 1. The van der Waals surface area contributed by atoms with Gasteiger partial charge >= 0.3 is 0 Å². The lowest BCUT2D eigenvalue weighted by Crippen LogP contribution is -2.30. The zero-order chi connectivity index (χ0) is 21.3. The van der Waals surface area contributed by atoms with Gasteiger partial charge in [0.1, 0.15) is 5.25 Å². The lowest BCUT2D eigenvalue weighted by atomic mass is 10.0. The number of carbonyl (C=O) groups excluding carboxylic acids is 2. The molecular formula is C22H24ClN3O2S. The predicted octanol–water partition coefficient (Wildman–Crippen LogP) is 5.16. The molecule has 2 aromatic rings. The second-order valence-corrected chi connectivity index (χ2v) is 8.96. The standard InChI is InChI=1S/C22H24ClN3O2S/c1-12-8-14(3)20(15(4)9-12)25-19(27)11-18-21(28)26(5)22(29-18)24-17-7-6-16(23)10-13(17)2/h6-10,18H,11H2,1-5H3,(H,25,27)/t18-/m1/s1. The Kier molecular flexibility index (Phi) is 6.34. The van der Waals surface area contributed by atoms with Gasteiger partial charge in [0.05, 0.1) is 5.69 Å². The van der Waals surface area contributed by atoms with Crippen LogP contribution in [0.4, 0.5) is 11.4 Å². The highest BCUT2D eigenvalue weighted by Crippen LogP contribution is 2.32. The molecule has 1 heterocycles. The summed E-state index contributed by atoms with van der Waals surface area (Å²) in [7, 11) is 1.69. The summed E-state index contributed by atoms with van der Waals surface area (Å²) in [5.41, 5.74) is 5.68. The van der Waals surface area contributed by atoms with Gasteiger partial charge in [-0.2, -0.15) is 0 Å². The van der Waals surface area contributed by atoms with Gasteiger partial charge in [0.2, 0.25) is 11.8 Å². The van der Waals surface area contributed by atoms with E-state index in [0.717, 1.165) is 33.6 Å². The number of thioether (sulfide) groups is 1. The molecule has 2 amide bonds. The van der Waals surface area contributed by atoms with E-state index in [2.05, 4.69) is 10.3 Å². The lowest BCUT2D eigenvalue weighted by Gasteiger charge is -2.14. The van der Waals surface area contributed by atoms with Crippen LogP contribution >= 0.6 is 23.4 Å². The molecule has 1 aliphatic rings. The third kappa shape index (κ3) is 4.82. The van der Waals surface area contributed by atoms with Crippen LogP contribution < -0.4 is 5.32 Å². The average Bonchev–Trinajstić information content (AvgIpc) is 2.88. The number of rotatable bonds is 4. The summed E-state index contributed by atoms with van der Waals surface area (Å²) in [6, 6.07) is 9.49. The van der Waals surface area contributed by atoms with Crippen molar-refractivity contribution in [2.45, 2.75) is 39.4 Å². The van der Waals surface area contributed by atoms with E-state index in [1.54, 1.807) is 13.1 Å². The molecule has 3 rings (SSSR count). The van der Waals surface area contributed by atoms with Crippen molar-refractivity contribution in [3.8, 4) is 0 Å². The number of anilines is 1. The first kappa shape index (κ1) is 21.4. The zero-order valence-corrected chi connectivity index (χ0v) is 18.7. The number of aliphatic imine (C=N–C) groups is 1. The Bertz CT molecular complexity index is 996. The molecule has 0 bridgehead atoms. The number of nitrogens with one attached hydrogen (secondary N) is 1. The van der Waals surface area contributed by atoms with Crippen molar-refractivity contribution in [2.75, 3.05) is 12.4 Å². The molecule has 2 aromatic carbocycles. The molecule has 152 valence electrons. The summed E-state index contributed by atoms with van der Waals surface area (Å²) in [6.07, 6.45) is 0.0964. The largest absolute Gasteiger partial charge is 0.326 e. The summed E-state index contributed by atoms with van der Waals surface area (Å²) in [4.78, 5) is 31.4. The highest BCUT2D eigenvalue weighted by Gasteiger charge is 2.37. The number of nitrogens with zero attached hydrogens (tertiary/aromatic N) is 2. The van der Waals surface area contributed by atoms with Crippen LogP contribution in [0.2, 0.25) is 5.02 Å². The molecule has 0 aromatic heterocycles. The van der Waals surface area contributed by atoms with E-state index < -0.39 is 5.25 Å². The molecule has 5 nitrogen and oxygen atoms in total. The minimum Gasteiger partial charge on any atom is -0.326 e. The summed E-state index contributed by atoms with van der Waals surface area (Å²) >= 11 is 7.32. The van der Waals surface area contributed by atoms with Gasteiger partial charge in [-0.3, -0.25) is 14.5 Å². The molecule has 1 atom stereocenters. The van der Waals surface area contributed by atoms with Gasteiger partial charge in [0, 0.05) is 24.2 Å². The van der Waals surface area contributed by atoms with Crippen LogP contribution in [0.1, 0.15) is 28.7 Å². The van der Waals surface area contributed by atoms with Crippen LogP contribution in [0.15, 0.2) is 35.3 Å². The minimum absolute atomic E-state index is 0.0964. The zero-order valence-electron chi connectivity index (χ0n) is 17.2. The van der Waals surface area contributed by atoms with Crippen LogP contribution in [0.25, 0.3) is 0 Å². The summed E-state index contributed by atoms with van der Waals surface area (Å²) in [5, 5.41) is 3.71. The van der Waals surface area contributed by atoms with Crippen LogP contribution in [0, 0.1) is 27.7 Å². The Hall–Kier alpha value is -2.31. The first-order valence-electron chi connectivity index (χ1n) is 9.32. The Morgan fingerprint density at radius 3 is 2.41 bits per heavy atom. The minimum atomic E-state index is -0.489. The third-order valence-corrected chi connectivity index (χ3v) is 6.29. The fourth-order valence-corrected chi connectivity index (χ4v) is 4.75. The molecule has 1 aliphatic heterocycles. The topological polar surface area (TPSA) is 61.8 Å². The van der Waals surface area contributed by atoms with Crippen molar-refractivity contribution in [3.05, 3.63) is 57.6 Å². The van der Waals surface area contributed by atoms with Crippen molar-refractivity contribution < 1.29 is 9.59 Å². The Morgan fingerprint density at radius 2 is 1.79 bits per heavy atom. The van der Waals surface area contributed by atoms with E-state index in [9.17, 15) is 9.59 Å². The van der Waals surface area contributed by atoms with E-state index in [1.807, 2.05) is 52.0 Å². The molecule has 0 radical (unpaired) electrons. The van der Waals surface area contributed by atoms with E-state index in [4.69, 9.17) is 11.6 Å². The second-order valence-electron chi connectivity index (χ2n) is 7.35. The number of hydrogen-bond donors (Lipinski definition) is 1. The first-order valence-corrected chi connectivity index (χ1v) is 10.6. The summed E-state index contributed by atoms with van der Waals surface area (Å²) in [6.45, 7) is 7.89. The molecule has 7 heteroatoms. The van der Waals surface area contributed by atoms with Gasteiger partial charge in [0.25, 0.3) is 0 Å². The first-order chi connectivity index (χ1) is 13.7. The Labute approximate surface area is 180 Å². The molecule has 1 fully saturated rings. The van der Waals surface area contributed by atoms with Crippen molar-refractivity contribution in [2.24, 2.45) is 4.99 Å². The second kappa shape index (κ2) is 8.59. The maximum Gasteiger partial charge on any atom is 0.242 e. The number of aryl methyl sites for hydroxylation is 4. The Balaban J connectivity index is 1.73. The quantitative estimate of drug-likeness (QED) is 0.729. The molecule has 1 saturated heterocycles. The molecule has 0 aliphatic carbocycles. The van der Waals surface area contributed by atoms with Gasteiger partial charge in [-0.15, -0.1) is 0 Å². The number of carbonyl (C=O) groups is 2. The van der Waals surface area contributed by atoms with E-state index in [0.29, 0.717) is 10.2 Å². The van der Waals surface area contributed by atoms with E-state index >= 15 is 0 Å². The number of halogens is 1. The SMILES string of the molecule is Cc1cc(C)c(NC(=O)C[C@H]2SC(=Nc3ccc(Cl)cc3C)N(C)C2=O)c(C)c1. The van der Waals surface area contributed by atoms with Gasteiger partial charge in [-0.1, -0.05) is 41.1 Å². The fourth-order valence-electron chi connectivity index (χ4n) is 3.38. The van der Waals surface area contributed by atoms with Gasteiger partial charge in [-0.25, -0.2) is 4.99 Å². The van der Waals surface area contributed by atoms with Gasteiger partial charge in [-0.05, 0) is 62.6 Å². The van der Waals surface area contributed by atoms with Crippen LogP contribution in [-0.4, -0.2) is 34.2 Å². The Morgan fingerprint density at radius 1 is 1.14 bits per heavy atom. The lowest BCUT2D eigenvalue weighted by molar-refractivity contribution is -0.127. The third-order valence-electron chi connectivity index (χ3n) is 4.83. The molecule has 0 spiro atoms. The summed E-state index contributed by atoms with van der Waals surface area (Å²) in [5.74, 6) is -0.295. The van der Waals surface area contributed by atoms with Gasteiger partial charge < -0.3 is 5.32 Å². The fraction of sp³-hybridized carbons (Fsp3) is 0.318. The number of hydrogen-bond acceptors (Lipinski definition) is 4. The maximum absolute atomic E-state index is 12.6. The van der Waals surface area contributed by atoms with Crippen LogP contribution in [-0.2, 0) is 9.59 Å². The predicted molar refractivity (Wildman–Crippen MR) is 121 cm³/mol. The molecular weight excluding hydrogens is 406 g/mol. The highest BCUT2D eigenvalue weighted by atomic mass is 35.5.